The van der Waals surface area contributed by atoms with Crippen LogP contribution in [0.3, 0.4) is 0 Å². The summed E-state index contributed by atoms with van der Waals surface area (Å²) in [6.07, 6.45) is 4.70. The first-order chi connectivity index (χ1) is 34.2. The van der Waals surface area contributed by atoms with E-state index in [4.69, 9.17) is 37.3 Å². The molecule has 8 rings (SSSR count). The maximum Gasteiger partial charge on any atom is 0.400 e. The Labute approximate surface area is 432 Å². The molecule has 3 unspecified atom stereocenters. The van der Waals surface area contributed by atoms with Crippen LogP contribution in [-0.2, 0) is 63.7 Å². The molecule has 0 N–H and O–H groups in total. The molecule has 0 spiro atoms. The summed E-state index contributed by atoms with van der Waals surface area (Å²) in [6.45, 7) is 28.7. The Morgan fingerprint density at radius 2 is 1.01 bits per heavy atom. The molecule has 8 nitrogen and oxygen atoms in total. The number of ether oxygens (including phenoxy) is 5. The van der Waals surface area contributed by atoms with Gasteiger partial charge in [0.2, 0.25) is 0 Å². The Balaban J connectivity index is 1.26. The van der Waals surface area contributed by atoms with E-state index in [1.165, 1.54) is 27.9 Å². The summed E-state index contributed by atoms with van der Waals surface area (Å²) in [7, 11) is -2.20. The third-order valence-electron chi connectivity index (χ3n) is 13.8. The van der Waals surface area contributed by atoms with Gasteiger partial charge in [-0.05, 0) is 73.6 Å². The van der Waals surface area contributed by atoms with Gasteiger partial charge in [0.1, 0.15) is 36.3 Å². The number of fused-ring (bicyclic) bond motifs is 2. The van der Waals surface area contributed by atoms with Gasteiger partial charge in [-0.25, -0.2) is 0 Å². The number of hydrogen-bond donors (Lipinski definition) is 0. The third-order valence-corrected chi connectivity index (χ3v) is 14.9. The molecule has 2 heterocycles. The molecule has 1 saturated heterocycles. The van der Waals surface area contributed by atoms with Gasteiger partial charge in [0.25, 0.3) is 0 Å². The van der Waals surface area contributed by atoms with Crippen LogP contribution in [0.5, 0.6) is 0 Å². The van der Waals surface area contributed by atoms with E-state index in [1.807, 2.05) is 72.8 Å². The molecule has 9 heteroatoms. The van der Waals surface area contributed by atoms with Crippen molar-refractivity contribution in [2.75, 3.05) is 6.61 Å². The van der Waals surface area contributed by atoms with Gasteiger partial charge in [-0.2, -0.15) is 0 Å². The lowest BCUT2D eigenvalue weighted by atomic mass is 9.69. The molecule has 0 saturated carbocycles. The Hall–Kier alpha value is -4.47. The van der Waals surface area contributed by atoms with Crippen LogP contribution in [0.15, 0.2) is 179 Å². The number of rotatable bonds is 15. The van der Waals surface area contributed by atoms with E-state index >= 15 is 0 Å². The summed E-state index contributed by atoms with van der Waals surface area (Å²) in [6, 6.07) is 40.8. The second-order valence-corrected chi connectivity index (χ2v) is 24.8. The van der Waals surface area contributed by atoms with Crippen LogP contribution in [0.2, 0.25) is 0 Å². The monoisotopic (exact) mass is 995 g/mol. The largest absolute Gasteiger partial charge is 0.430 e. The molecule has 2 aliphatic carbocycles. The molecule has 0 bridgehead atoms. The van der Waals surface area contributed by atoms with Gasteiger partial charge in [0.15, 0.2) is 6.29 Å². The molecule has 0 aromatic heterocycles. The fourth-order valence-corrected chi connectivity index (χ4v) is 11.1. The Morgan fingerprint density at radius 3 is 1.50 bits per heavy atom. The van der Waals surface area contributed by atoms with E-state index in [2.05, 4.69) is 150 Å². The summed E-state index contributed by atoms with van der Waals surface area (Å²) >= 11 is 0. The van der Waals surface area contributed by atoms with Gasteiger partial charge < -0.3 is 28.2 Å². The summed E-state index contributed by atoms with van der Waals surface area (Å²) in [5, 5.41) is 0. The zero-order chi connectivity index (χ0) is 51.3. The quantitative estimate of drug-likeness (QED) is 0.109. The zero-order valence-electron chi connectivity index (χ0n) is 44.9. The smallest absolute Gasteiger partial charge is 0.400 e. The van der Waals surface area contributed by atoms with Crippen molar-refractivity contribution in [3.05, 3.63) is 201 Å². The van der Waals surface area contributed by atoms with Crippen molar-refractivity contribution < 1.29 is 37.3 Å². The highest BCUT2D eigenvalue weighted by atomic mass is 31.2. The molecule has 384 valence electrons. The van der Waals surface area contributed by atoms with Crippen LogP contribution < -0.4 is 0 Å². The lowest BCUT2D eigenvalue weighted by Gasteiger charge is -2.47. The predicted molar refractivity (Wildman–Crippen MR) is 289 cm³/mol. The van der Waals surface area contributed by atoms with Crippen LogP contribution in [-0.4, -0.2) is 43.4 Å². The molecule has 0 amide bonds. The maximum absolute atomic E-state index is 7.50. The van der Waals surface area contributed by atoms with E-state index in [0.29, 0.717) is 19.8 Å². The van der Waals surface area contributed by atoms with Crippen LogP contribution in [0, 0.1) is 21.7 Å². The van der Waals surface area contributed by atoms with Gasteiger partial charge in [-0.15, -0.1) is 0 Å². The molecular weight excluding hydrogens is 916 g/mol. The minimum atomic E-state index is -2.20. The van der Waals surface area contributed by atoms with Crippen molar-refractivity contribution in [2.24, 2.45) is 21.7 Å². The van der Waals surface area contributed by atoms with Crippen LogP contribution >= 0.6 is 8.60 Å². The van der Waals surface area contributed by atoms with E-state index in [-0.39, 0.29) is 29.5 Å². The average Bonchev–Trinajstić information content (AvgIpc) is 3.33. The summed E-state index contributed by atoms with van der Waals surface area (Å²) in [4.78, 5) is 0. The van der Waals surface area contributed by atoms with Gasteiger partial charge in [-0.3, -0.25) is 9.05 Å². The highest BCUT2D eigenvalue weighted by Crippen LogP contribution is 2.58. The van der Waals surface area contributed by atoms with Crippen LogP contribution in [0.1, 0.15) is 118 Å². The maximum atomic E-state index is 7.50. The van der Waals surface area contributed by atoms with Crippen molar-refractivity contribution in [2.45, 2.75) is 159 Å². The topological polar surface area (TPSA) is 73.8 Å². The van der Waals surface area contributed by atoms with Gasteiger partial charge in [0.05, 0.1) is 33.0 Å². The lowest BCUT2D eigenvalue weighted by molar-refractivity contribution is -0.311. The second kappa shape index (κ2) is 23.0. The number of hydrogen-bond acceptors (Lipinski definition) is 8. The molecule has 1 fully saturated rings. The predicted octanol–water partition coefficient (Wildman–Crippen LogP) is 15.7. The fraction of sp³-hybridized carbons (Fsp3) is 0.460. The van der Waals surface area contributed by atoms with E-state index < -0.39 is 50.8 Å². The fourth-order valence-electron chi connectivity index (χ4n) is 9.65. The van der Waals surface area contributed by atoms with Gasteiger partial charge in [0, 0.05) is 11.0 Å². The number of benzene rings is 4. The van der Waals surface area contributed by atoms with Crippen molar-refractivity contribution in [1.29, 1.82) is 0 Å². The first-order valence-corrected chi connectivity index (χ1v) is 27.0. The normalized spacial score (nSPS) is 25.3. The zero-order valence-corrected chi connectivity index (χ0v) is 45.8. The Morgan fingerprint density at radius 1 is 0.514 bits per heavy atom. The lowest BCUT2D eigenvalue weighted by Crippen LogP contribution is -2.61. The van der Waals surface area contributed by atoms with Crippen LogP contribution in [0.25, 0.3) is 0 Å². The van der Waals surface area contributed by atoms with Crippen LogP contribution in [0.4, 0.5) is 0 Å². The Bertz CT molecular complexity index is 2570. The summed E-state index contributed by atoms with van der Waals surface area (Å²) in [5.41, 5.74) is 10.6. The average molecular weight is 995 g/mol. The first kappa shape index (κ1) is 53.8. The molecule has 72 heavy (non-hydrogen) atoms. The highest BCUT2D eigenvalue weighted by Gasteiger charge is 2.52. The third kappa shape index (κ3) is 13.6. The molecule has 7 atom stereocenters. The van der Waals surface area contributed by atoms with Gasteiger partial charge in [-0.1, -0.05) is 228 Å². The molecule has 4 aromatic rings. The molecule has 4 aromatic carbocycles. The Kier molecular flexibility index (Phi) is 17.2. The standard InChI is InChI=1S/C63H79O8P/c1-60(2,3)47-33-34-49-50-36-48(61(4,5)6)37-52(62(7,8)9)54(50)69-72(70-58(51(49)35-47)63(10,11)12)71-59-57(67-41-46-31-23-16-24-32-46)56(66-40-45-29-21-15-22-30-45)55(65-39-44-27-19-14-20-28-44)53(68-59)42-64-38-43-25-17-13-18-26-43/h13-32,35-37,53-57,59H,33-34,38-42H2,1-12H3/b50-49-,58-51?/t53-,54?,55-,56+,57-,59?,72?/m1/s1. The summed E-state index contributed by atoms with van der Waals surface area (Å²) < 4.78 is 57.4. The summed E-state index contributed by atoms with van der Waals surface area (Å²) in [5.74, 6) is 0.829. The number of allylic oxidation sites excluding steroid dienone is 7. The van der Waals surface area contributed by atoms with Crippen molar-refractivity contribution in [3.8, 4) is 0 Å². The SMILES string of the molecule is CC(C)(C)C1=C/C2=C3\CCC(C(C)(C)C)=CC3=C(C(C)(C)C)OP(OC3O[C@H](COCc4ccccc4)[C@@H](OCc4ccccc4)[C@H](OCc4ccccc4)[C@H]3OCc3ccccc3)OC2C(C(C)(C)C)=C1. The minimum absolute atomic E-state index is 0.0358. The highest BCUT2D eigenvalue weighted by molar-refractivity contribution is 7.41. The van der Waals surface area contributed by atoms with E-state index in [0.717, 1.165) is 46.4 Å². The first-order valence-electron chi connectivity index (χ1n) is 25.9. The molecular formula is C63H79O8P. The van der Waals surface area contributed by atoms with E-state index in [1.54, 1.807) is 0 Å². The second-order valence-electron chi connectivity index (χ2n) is 23.8. The van der Waals surface area contributed by atoms with Crippen molar-refractivity contribution >= 4 is 8.60 Å². The molecule has 0 radical (unpaired) electrons. The van der Waals surface area contributed by atoms with E-state index in [9.17, 15) is 0 Å². The minimum Gasteiger partial charge on any atom is -0.430 e. The van der Waals surface area contributed by atoms with Crippen molar-refractivity contribution in [1.82, 2.24) is 0 Å². The van der Waals surface area contributed by atoms with Gasteiger partial charge >= 0.3 is 8.60 Å². The van der Waals surface area contributed by atoms with Crippen molar-refractivity contribution in [3.63, 3.8) is 0 Å². The molecule has 4 aliphatic rings. The molecule has 2 aliphatic heterocycles.